The maximum absolute atomic E-state index is 13.5. The molecule has 0 spiro atoms. The van der Waals surface area contributed by atoms with Gasteiger partial charge in [-0.05, 0) is 78.7 Å². The third-order valence-corrected chi connectivity index (χ3v) is 6.85. The molecule has 1 heterocycles. The van der Waals surface area contributed by atoms with Crippen LogP contribution in [0.4, 0.5) is 14.9 Å². The number of nitrogens with zero attached hydrogens (tertiary/aromatic N) is 2. The zero-order chi connectivity index (χ0) is 24.1. The lowest BCUT2D eigenvalue weighted by molar-refractivity contribution is -0.133. The van der Waals surface area contributed by atoms with Gasteiger partial charge in [0.1, 0.15) is 18.1 Å². The van der Waals surface area contributed by atoms with Gasteiger partial charge in [-0.2, -0.15) is 0 Å². The Hall–Kier alpha value is -3.39. The average molecular weight is 482 g/mol. The third-order valence-electron chi connectivity index (χ3n) is 5.84. The van der Waals surface area contributed by atoms with Crippen molar-refractivity contribution in [1.29, 1.82) is 0 Å². The summed E-state index contributed by atoms with van der Waals surface area (Å²) in [5.41, 5.74) is 2.60. The molecule has 4 rings (SSSR count). The molecule has 0 radical (unpaired) electrons. The molecule has 178 valence electrons. The molecule has 3 amide bonds. The molecule has 8 heteroatoms. The smallest absolute Gasteiger partial charge is 0.322 e. The Bertz CT molecular complexity index is 1130. The molecular weight excluding hydrogens is 453 g/mol. The van der Waals surface area contributed by atoms with Gasteiger partial charge in [0, 0.05) is 23.2 Å². The van der Waals surface area contributed by atoms with Gasteiger partial charge in [0.25, 0.3) is 0 Å². The lowest BCUT2D eigenvalue weighted by Crippen LogP contribution is -2.45. The van der Waals surface area contributed by atoms with E-state index in [1.165, 1.54) is 12.1 Å². The fraction of sp³-hybridized carbons (Fsp3) is 0.308. The molecule has 0 aliphatic heterocycles. The van der Waals surface area contributed by atoms with Crippen LogP contribution in [0.25, 0.3) is 0 Å². The lowest BCUT2D eigenvalue weighted by Gasteiger charge is -2.28. The zero-order valence-electron chi connectivity index (χ0n) is 19.3. The first kappa shape index (κ1) is 23.8. The molecule has 1 fully saturated rings. The number of aryl methyl sites for hydroxylation is 1. The number of carbonyl (C=O) groups excluding carboxylic acids is 2. The summed E-state index contributed by atoms with van der Waals surface area (Å²) < 4.78 is 18.5. The Balaban J connectivity index is 1.48. The van der Waals surface area contributed by atoms with Gasteiger partial charge in [0.2, 0.25) is 5.91 Å². The molecule has 1 N–H and O–H groups in total. The second-order valence-electron chi connectivity index (χ2n) is 8.42. The maximum atomic E-state index is 13.5. The molecule has 0 unspecified atom stereocenters. The number of amides is 3. The second-order valence-corrected chi connectivity index (χ2v) is 9.42. The summed E-state index contributed by atoms with van der Waals surface area (Å²) >= 11 is 1.60. The molecule has 1 aliphatic carbocycles. The van der Waals surface area contributed by atoms with Crippen LogP contribution < -0.4 is 10.1 Å². The number of hydrogen-bond acceptors (Lipinski definition) is 4. The number of halogens is 1. The number of methoxy groups -OCH3 is 1. The predicted molar refractivity (Wildman–Crippen MR) is 131 cm³/mol. The first-order valence-corrected chi connectivity index (χ1v) is 12.1. The number of nitrogens with one attached hydrogen (secondary N) is 1. The lowest BCUT2D eigenvalue weighted by atomic mass is 10.2. The summed E-state index contributed by atoms with van der Waals surface area (Å²) in [6, 6.07) is 15.0. The van der Waals surface area contributed by atoms with Gasteiger partial charge in [-0.25, -0.2) is 9.18 Å². The number of anilines is 1. The van der Waals surface area contributed by atoms with E-state index in [9.17, 15) is 14.0 Å². The Kier molecular flexibility index (Phi) is 7.47. The minimum Gasteiger partial charge on any atom is -0.497 e. The van der Waals surface area contributed by atoms with Crippen molar-refractivity contribution < 1.29 is 18.7 Å². The minimum absolute atomic E-state index is 0.0156. The number of benzene rings is 2. The van der Waals surface area contributed by atoms with E-state index >= 15 is 0 Å². The molecular formula is C26H28FN3O3S. The van der Waals surface area contributed by atoms with Crippen molar-refractivity contribution in [2.45, 2.75) is 38.9 Å². The largest absolute Gasteiger partial charge is 0.497 e. The van der Waals surface area contributed by atoms with Gasteiger partial charge in [0.15, 0.2) is 0 Å². The van der Waals surface area contributed by atoms with Crippen LogP contribution in [0.15, 0.2) is 60.0 Å². The first-order chi connectivity index (χ1) is 16.4. The number of carbonyl (C=O) groups is 2. The number of thiophene rings is 1. The molecule has 1 aliphatic rings. The van der Waals surface area contributed by atoms with Crippen LogP contribution in [0.3, 0.4) is 0 Å². The highest BCUT2D eigenvalue weighted by Crippen LogP contribution is 2.28. The van der Waals surface area contributed by atoms with Crippen LogP contribution in [0.5, 0.6) is 5.75 Å². The van der Waals surface area contributed by atoms with Crippen molar-refractivity contribution in [2.24, 2.45) is 0 Å². The number of rotatable bonds is 9. The fourth-order valence-corrected chi connectivity index (χ4v) is 4.57. The molecule has 3 aromatic rings. The first-order valence-electron chi connectivity index (χ1n) is 11.2. The van der Waals surface area contributed by atoms with E-state index in [0.717, 1.165) is 28.8 Å². The monoisotopic (exact) mass is 481 g/mol. The second kappa shape index (κ2) is 10.7. The highest BCUT2D eigenvalue weighted by Gasteiger charge is 2.35. The number of urea groups is 1. The highest BCUT2D eigenvalue weighted by atomic mass is 32.1. The zero-order valence-corrected chi connectivity index (χ0v) is 20.1. The third kappa shape index (κ3) is 6.14. The quantitative estimate of drug-likeness (QED) is 0.443. The van der Waals surface area contributed by atoms with Gasteiger partial charge >= 0.3 is 6.03 Å². The fourth-order valence-electron chi connectivity index (χ4n) is 3.65. The SMILES string of the molecule is COc1ccc(NC(=O)N(CC(=O)N(Cc2ccc(F)cc2)Cc2sccc2C)C2CC2)cc1. The summed E-state index contributed by atoms with van der Waals surface area (Å²) in [5.74, 6) is 0.243. The molecule has 1 saturated carbocycles. The Morgan fingerprint density at radius 3 is 2.35 bits per heavy atom. The van der Waals surface area contributed by atoms with Crippen molar-refractivity contribution in [3.8, 4) is 5.75 Å². The Labute approximate surface area is 203 Å². The van der Waals surface area contributed by atoms with E-state index in [0.29, 0.717) is 24.5 Å². The molecule has 0 bridgehead atoms. The van der Waals surface area contributed by atoms with Crippen LogP contribution in [0, 0.1) is 12.7 Å². The van der Waals surface area contributed by atoms with Crippen LogP contribution >= 0.6 is 11.3 Å². The molecule has 1 aromatic heterocycles. The van der Waals surface area contributed by atoms with Crippen LogP contribution in [0.2, 0.25) is 0 Å². The van der Waals surface area contributed by atoms with Gasteiger partial charge in [-0.3, -0.25) is 4.79 Å². The van der Waals surface area contributed by atoms with Crippen LogP contribution in [-0.4, -0.2) is 41.4 Å². The summed E-state index contributed by atoms with van der Waals surface area (Å²) in [6.07, 6.45) is 1.76. The normalized spacial score (nSPS) is 12.8. The highest BCUT2D eigenvalue weighted by molar-refractivity contribution is 7.10. The number of hydrogen-bond donors (Lipinski definition) is 1. The molecule has 0 saturated heterocycles. The van der Waals surface area contributed by atoms with E-state index in [-0.39, 0.29) is 30.3 Å². The van der Waals surface area contributed by atoms with Crippen LogP contribution in [0.1, 0.15) is 28.8 Å². The molecule has 6 nitrogen and oxygen atoms in total. The predicted octanol–water partition coefficient (Wildman–Crippen LogP) is 5.43. The van der Waals surface area contributed by atoms with Crippen molar-refractivity contribution >= 4 is 29.0 Å². The van der Waals surface area contributed by atoms with E-state index in [1.54, 1.807) is 64.6 Å². The van der Waals surface area contributed by atoms with Crippen molar-refractivity contribution in [1.82, 2.24) is 9.80 Å². The Morgan fingerprint density at radius 1 is 1.06 bits per heavy atom. The standard InChI is InChI=1S/C26H28FN3O3S/c1-18-13-14-34-24(18)16-29(15-19-3-5-20(27)6-4-19)25(31)17-30(22-9-10-22)26(32)28-21-7-11-23(33-2)12-8-21/h3-8,11-14,22H,9-10,15-17H2,1-2H3,(H,28,32). The number of ether oxygens (including phenoxy) is 1. The summed E-state index contributed by atoms with van der Waals surface area (Å²) in [7, 11) is 1.59. The molecule has 34 heavy (non-hydrogen) atoms. The van der Waals surface area contributed by atoms with E-state index in [1.807, 2.05) is 18.4 Å². The van der Waals surface area contributed by atoms with Crippen LogP contribution in [-0.2, 0) is 17.9 Å². The minimum atomic E-state index is -0.314. The van der Waals surface area contributed by atoms with Gasteiger partial charge < -0.3 is 19.9 Å². The van der Waals surface area contributed by atoms with Gasteiger partial charge in [0.05, 0.1) is 13.7 Å². The van der Waals surface area contributed by atoms with Gasteiger partial charge in [-0.1, -0.05) is 12.1 Å². The average Bonchev–Trinajstić information content (AvgIpc) is 3.60. The van der Waals surface area contributed by atoms with E-state index in [4.69, 9.17) is 4.74 Å². The summed E-state index contributed by atoms with van der Waals surface area (Å²) in [6.45, 7) is 2.79. The van der Waals surface area contributed by atoms with Crippen molar-refractivity contribution in [2.75, 3.05) is 19.0 Å². The van der Waals surface area contributed by atoms with Crippen molar-refractivity contribution in [3.05, 3.63) is 81.8 Å². The summed E-state index contributed by atoms with van der Waals surface area (Å²) in [5, 5.41) is 4.89. The van der Waals surface area contributed by atoms with E-state index < -0.39 is 0 Å². The molecule has 2 aromatic carbocycles. The molecule has 0 atom stereocenters. The Morgan fingerprint density at radius 2 is 1.76 bits per heavy atom. The topological polar surface area (TPSA) is 61.9 Å². The maximum Gasteiger partial charge on any atom is 0.322 e. The van der Waals surface area contributed by atoms with E-state index in [2.05, 4.69) is 5.32 Å². The van der Waals surface area contributed by atoms with Gasteiger partial charge in [-0.15, -0.1) is 11.3 Å². The van der Waals surface area contributed by atoms with Crippen molar-refractivity contribution in [3.63, 3.8) is 0 Å². The summed E-state index contributed by atoms with van der Waals surface area (Å²) in [4.78, 5) is 30.9.